The normalized spacial score (nSPS) is 19.1. The van der Waals surface area contributed by atoms with Crippen LogP contribution in [-0.4, -0.2) is 77.8 Å². The molecule has 304 valence electrons. The number of hydrogen-bond donors (Lipinski definition) is 2. The Labute approximate surface area is 325 Å². The molecule has 0 aliphatic carbocycles. The van der Waals surface area contributed by atoms with E-state index in [-0.39, 0.29) is 53.1 Å². The van der Waals surface area contributed by atoms with Crippen LogP contribution in [0.15, 0.2) is 65.8 Å². The number of halogens is 6. The SMILES string of the molecule is Cn1cc(-c2ccc(CC3CCN(CC(=O)C4CCN(c5ccc(NC6CCC(=O)NC6)cc5C(F)(F)F)CC4)CC3)c(OC(F)(F)F)c2)c2ccncc2c1=O. The Morgan fingerprint density at radius 1 is 0.930 bits per heavy atom. The molecule has 3 aliphatic rings. The van der Waals surface area contributed by atoms with E-state index in [2.05, 4.69) is 20.4 Å². The number of carbonyl (C=O) groups is 2. The van der Waals surface area contributed by atoms with Gasteiger partial charge in [-0.05, 0) is 104 Å². The summed E-state index contributed by atoms with van der Waals surface area (Å²) < 4.78 is 89.5. The number of pyridine rings is 2. The first kappa shape index (κ1) is 40.1. The Bertz CT molecular complexity index is 2160. The minimum atomic E-state index is -4.91. The summed E-state index contributed by atoms with van der Waals surface area (Å²) in [6.07, 6.45) is -1.58. The maximum atomic E-state index is 14.2. The largest absolute Gasteiger partial charge is 0.573 e. The zero-order valence-corrected chi connectivity index (χ0v) is 31.4. The van der Waals surface area contributed by atoms with E-state index in [1.807, 2.05) is 4.90 Å². The first-order valence-electron chi connectivity index (χ1n) is 19.2. The predicted octanol–water partition coefficient (Wildman–Crippen LogP) is 6.95. The second kappa shape index (κ2) is 16.4. The number of alkyl halides is 6. The Kier molecular flexibility index (Phi) is 11.5. The van der Waals surface area contributed by atoms with Crippen LogP contribution in [0.3, 0.4) is 0 Å². The van der Waals surface area contributed by atoms with Gasteiger partial charge in [-0.15, -0.1) is 13.2 Å². The van der Waals surface area contributed by atoms with Gasteiger partial charge in [0.1, 0.15) is 11.5 Å². The maximum Gasteiger partial charge on any atom is 0.573 e. The van der Waals surface area contributed by atoms with E-state index in [4.69, 9.17) is 0 Å². The average molecular weight is 799 g/mol. The molecule has 1 amide bonds. The molecule has 2 N–H and O–H groups in total. The van der Waals surface area contributed by atoms with E-state index in [0.717, 1.165) is 6.07 Å². The van der Waals surface area contributed by atoms with Crippen LogP contribution in [0.1, 0.15) is 49.7 Å². The monoisotopic (exact) mass is 798 g/mol. The summed E-state index contributed by atoms with van der Waals surface area (Å²) >= 11 is 0. The number of carbonyl (C=O) groups excluding carboxylic acids is 2. The Hall–Kier alpha value is -5.12. The zero-order chi connectivity index (χ0) is 40.5. The molecule has 1 atom stereocenters. The summed E-state index contributed by atoms with van der Waals surface area (Å²) in [5.41, 5.74) is 0.831. The lowest BCUT2D eigenvalue weighted by atomic mass is 9.88. The van der Waals surface area contributed by atoms with Gasteiger partial charge >= 0.3 is 12.5 Å². The summed E-state index contributed by atoms with van der Waals surface area (Å²) in [7, 11) is 1.57. The minimum absolute atomic E-state index is 0.0430. The molecule has 2 aromatic heterocycles. The van der Waals surface area contributed by atoms with E-state index >= 15 is 0 Å². The number of Topliss-reactive ketones (excluding diaryl/α,β-unsaturated/α-hetero) is 1. The molecule has 10 nitrogen and oxygen atoms in total. The number of aromatic nitrogens is 2. The highest BCUT2D eigenvalue weighted by Crippen LogP contribution is 2.40. The lowest BCUT2D eigenvalue weighted by Gasteiger charge is -2.36. The number of piperidine rings is 3. The number of fused-ring (bicyclic) bond motifs is 1. The van der Waals surface area contributed by atoms with Crippen molar-refractivity contribution in [2.75, 3.05) is 49.5 Å². The van der Waals surface area contributed by atoms with Crippen LogP contribution in [0.4, 0.5) is 37.7 Å². The topological polar surface area (TPSA) is 109 Å². The Morgan fingerprint density at radius 3 is 2.37 bits per heavy atom. The van der Waals surface area contributed by atoms with Gasteiger partial charge in [0.05, 0.1) is 17.5 Å². The second-order valence-electron chi connectivity index (χ2n) is 15.3. The fourth-order valence-electron chi connectivity index (χ4n) is 8.32. The molecule has 0 saturated carbocycles. The molecule has 0 radical (unpaired) electrons. The van der Waals surface area contributed by atoms with Crippen molar-refractivity contribution in [3.63, 3.8) is 0 Å². The first-order chi connectivity index (χ1) is 27.1. The van der Waals surface area contributed by atoms with Crippen molar-refractivity contribution < 1.29 is 40.7 Å². The van der Waals surface area contributed by atoms with Gasteiger partial charge in [-0.25, -0.2) is 0 Å². The number of benzene rings is 2. The van der Waals surface area contributed by atoms with Gasteiger partial charge in [0.25, 0.3) is 5.56 Å². The molecule has 5 heterocycles. The molecular formula is C41H44F6N6O4. The van der Waals surface area contributed by atoms with Crippen LogP contribution in [-0.2, 0) is 29.2 Å². The molecule has 2 aromatic carbocycles. The molecule has 57 heavy (non-hydrogen) atoms. The number of likely N-dealkylation sites (tertiary alicyclic amines) is 1. The number of nitrogens with zero attached hydrogens (tertiary/aromatic N) is 4. The molecule has 16 heteroatoms. The van der Waals surface area contributed by atoms with Crippen molar-refractivity contribution in [1.29, 1.82) is 0 Å². The van der Waals surface area contributed by atoms with E-state index < -0.39 is 18.1 Å². The zero-order valence-electron chi connectivity index (χ0n) is 31.4. The van der Waals surface area contributed by atoms with Crippen molar-refractivity contribution in [2.45, 2.75) is 63.5 Å². The number of anilines is 2. The van der Waals surface area contributed by atoms with Crippen LogP contribution in [0.5, 0.6) is 5.75 Å². The highest BCUT2D eigenvalue weighted by Gasteiger charge is 2.37. The number of ketones is 1. The van der Waals surface area contributed by atoms with Gasteiger partial charge in [0.2, 0.25) is 5.91 Å². The van der Waals surface area contributed by atoms with Gasteiger partial charge in [0.15, 0.2) is 0 Å². The molecule has 0 spiro atoms. The van der Waals surface area contributed by atoms with Crippen molar-refractivity contribution in [3.8, 4) is 16.9 Å². The van der Waals surface area contributed by atoms with Gasteiger partial charge in [-0.3, -0.25) is 24.3 Å². The van der Waals surface area contributed by atoms with Crippen molar-refractivity contribution >= 4 is 33.8 Å². The molecule has 7 rings (SSSR count). The lowest BCUT2D eigenvalue weighted by molar-refractivity contribution is -0.274. The third-order valence-corrected chi connectivity index (χ3v) is 11.4. The Morgan fingerprint density at radius 2 is 1.68 bits per heavy atom. The minimum Gasteiger partial charge on any atom is -0.405 e. The quantitative estimate of drug-likeness (QED) is 0.166. The molecular weight excluding hydrogens is 754 g/mol. The molecule has 1 unspecified atom stereocenters. The Balaban J connectivity index is 0.939. The molecule has 0 bridgehead atoms. The lowest BCUT2D eigenvalue weighted by Crippen LogP contribution is -2.43. The van der Waals surface area contributed by atoms with Crippen LogP contribution in [0.25, 0.3) is 21.9 Å². The number of amides is 1. The van der Waals surface area contributed by atoms with Crippen LogP contribution >= 0.6 is 0 Å². The average Bonchev–Trinajstić information content (AvgIpc) is 3.18. The van der Waals surface area contributed by atoms with E-state index in [1.165, 1.54) is 29.1 Å². The molecule has 3 fully saturated rings. The van der Waals surface area contributed by atoms with Crippen LogP contribution < -0.4 is 25.8 Å². The van der Waals surface area contributed by atoms with E-state index in [1.54, 1.807) is 42.4 Å². The number of rotatable bonds is 10. The summed E-state index contributed by atoms with van der Waals surface area (Å²) in [6.45, 7) is 2.34. The van der Waals surface area contributed by atoms with E-state index in [0.29, 0.717) is 111 Å². The second-order valence-corrected chi connectivity index (χ2v) is 15.3. The molecule has 3 saturated heterocycles. The van der Waals surface area contributed by atoms with Gasteiger partial charge in [-0.1, -0.05) is 12.1 Å². The fraction of sp³-hybridized carbons (Fsp3) is 0.463. The summed E-state index contributed by atoms with van der Waals surface area (Å²) in [4.78, 5) is 45.3. The van der Waals surface area contributed by atoms with Gasteiger partial charge in [0, 0.05) is 80.6 Å². The number of ether oxygens (including phenoxy) is 1. The molecule has 3 aliphatic heterocycles. The fourth-order valence-corrected chi connectivity index (χ4v) is 8.32. The van der Waals surface area contributed by atoms with Gasteiger partial charge in [-0.2, -0.15) is 13.2 Å². The standard InChI is InChI=1S/C41H44F6N6O4/c1-51-23-33(31-8-13-48-22-32(31)39(51)56)27-2-3-28(37(19-27)57-41(45,46)47)18-25-9-14-52(15-10-25)24-36(54)26-11-16-53(17-12-26)35-6-4-29(20-34(35)40(42,43)44)50-30-5-7-38(55)49-21-30/h2-4,6,8,13,19-20,22-23,25-26,30,50H,5,7,9-12,14-18,21,24H2,1H3,(H,49,55). The van der Waals surface area contributed by atoms with Crippen LogP contribution in [0.2, 0.25) is 0 Å². The highest BCUT2D eigenvalue weighted by molar-refractivity contribution is 5.95. The van der Waals surface area contributed by atoms with Crippen LogP contribution in [0, 0.1) is 11.8 Å². The van der Waals surface area contributed by atoms with Crippen molar-refractivity contribution in [3.05, 3.63) is 82.5 Å². The summed E-state index contributed by atoms with van der Waals surface area (Å²) in [6, 6.07) is 10.4. The number of hydrogen-bond acceptors (Lipinski definition) is 8. The molecule has 4 aromatic rings. The highest BCUT2D eigenvalue weighted by atomic mass is 19.4. The third kappa shape index (κ3) is 9.54. The van der Waals surface area contributed by atoms with E-state index in [9.17, 15) is 40.7 Å². The van der Waals surface area contributed by atoms with Crippen molar-refractivity contribution in [2.24, 2.45) is 18.9 Å². The number of nitrogens with one attached hydrogen (secondary N) is 2. The third-order valence-electron chi connectivity index (χ3n) is 11.4. The summed E-state index contributed by atoms with van der Waals surface area (Å²) in [5.74, 6) is -0.559. The van der Waals surface area contributed by atoms with Gasteiger partial charge < -0.3 is 24.8 Å². The summed E-state index contributed by atoms with van der Waals surface area (Å²) in [5, 5.41) is 6.74. The predicted molar refractivity (Wildman–Crippen MR) is 203 cm³/mol. The first-order valence-corrected chi connectivity index (χ1v) is 19.2. The van der Waals surface area contributed by atoms with Crippen molar-refractivity contribution in [1.82, 2.24) is 19.8 Å². The maximum absolute atomic E-state index is 14.2. The number of aryl methyl sites for hydroxylation is 1. The smallest absolute Gasteiger partial charge is 0.405 e.